The number of rotatable bonds is 4. The van der Waals surface area contributed by atoms with Gasteiger partial charge in [-0.3, -0.25) is 4.79 Å². The van der Waals surface area contributed by atoms with Crippen LogP contribution in [0.3, 0.4) is 0 Å². The van der Waals surface area contributed by atoms with Gasteiger partial charge in [0.25, 0.3) is 5.91 Å². The van der Waals surface area contributed by atoms with E-state index in [4.69, 9.17) is 0 Å². The molecule has 0 radical (unpaired) electrons. The molecule has 8 heteroatoms. The number of carbonyl (C=O) groups excluding carboxylic acids is 1. The van der Waals surface area contributed by atoms with Gasteiger partial charge >= 0.3 is 12.1 Å². The maximum atomic E-state index is 12.5. The number of carbonyl (C=O) groups is 1. The quantitative estimate of drug-likeness (QED) is 0.853. The smallest absolute Gasteiger partial charge is 0.338 e. The van der Waals surface area contributed by atoms with Crippen LogP contribution in [-0.4, -0.2) is 34.0 Å². The zero-order valence-corrected chi connectivity index (χ0v) is 13.2. The monoisotopic (exact) mass is 339 g/mol. The van der Waals surface area contributed by atoms with Crippen LogP contribution >= 0.6 is 0 Å². The summed E-state index contributed by atoms with van der Waals surface area (Å²) in [5, 5.41) is 3.32. The van der Waals surface area contributed by atoms with E-state index in [0.29, 0.717) is 17.0 Å². The molecule has 3 rings (SSSR count). The summed E-state index contributed by atoms with van der Waals surface area (Å²) in [6.45, 7) is 2.10. The van der Waals surface area contributed by atoms with Crippen LogP contribution in [0.4, 0.5) is 13.2 Å². The molecule has 1 saturated carbocycles. The van der Waals surface area contributed by atoms with Gasteiger partial charge in [0.15, 0.2) is 0 Å². The van der Waals surface area contributed by atoms with Gasteiger partial charge in [-0.2, -0.15) is 18.2 Å². The first kappa shape index (κ1) is 16.5. The second kappa shape index (κ2) is 5.92. The number of alkyl halides is 3. The molecule has 0 saturated heterocycles. The largest absolute Gasteiger partial charge is 0.471 e. The molecule has 1 aromatic carbocycles. The summed E-state index contributed by atoms with van der Waals surface area (Å²) in [6.07, 6.45) is -2.62. The third-order valence-corrected chi connectivity index (χ3v) is 4.29. The van der Waals surface area contributed by atoms with Gasteiger partial charge in [0.05, 0.1) is 0 Å². The zero-order chi connectivity index (χ0) is 17.5. The van der Waals surface area contributed by atoms with Crippen LogP contribution in [0, 0.1) is 5.92 Å². The highest BCUT2D eigenvalue weighted by Crippen LogP contribution is 2.38. The van der Waals surface area contributed by atoms with E-state index in [0.717, 1.165) is 12.8 Å². The lowest BCUT2D eigenvalue weighted by Gasteiger charge is -2.17. The van der Waals surface area contributed by atoms with Gasteiger partial charge in [-0.05, 0) is 24.5 Å². The van der Waals surface area contributed by atoms with E-state index in [9.17, 15) is 18.0 Å². The first-order valence-electron chi connectivity index (χ1n) is 7.59. The van der Waals surface area contributed by atoms with Gasteiger partial charge in [0, 0.05) is 24.2 Å². The third-order valence-electron chi connectivity index (χ3n) is 4.29. The fourth-order valence-electron chi connectivity index (χ4n) is 2.72. The average Bonchev–Trinajstić information content (AvgIpc) is 3.17. The number of halogens is 3. The fourth-order valence-corrected chi connectivity index (χ4v) is 2.72. The number of aromatic nitrogens is 2. The molecule has 1 heterocycles. The van der Waals surface area contributed by atoms with Crippen LogP contribution in [0.25, 0.3) is 11.4 Å². The van der Waals surface area contributed by atoms with Crippen LogP contribution in [0.1, 0.15) is 36.0 Å². The van der Waals surface area contributed by atoms with Crippen LogP contribution in [0.15, 0.2) is 28.8 Å². The van der Waals surface area contributed by atoms with Crippen LogP contribution in [0.2, 0.25) is 0 Å². The Labute approximate surface area is 136 Å². The molecule has 1 aliphatic carbocycles. The predicted molar refractivity (Wildman–Crippen MR) is 79.0 cm³/mol. The van der Waals surface area contributed by atoms with E-state index < -0.39 is 12.1 Å². The van der Waals surface area contributed by atoms with Crippen LogP contribution < -0.4 is 0 Å². The summed E-state index contributed by atoms with van der Waals surface area (Å²) in [4.78, 5) is 17.4. The summed E-state index contributed by atoms with van der Waals surface area (Å²) in [5.74, 6) is -1.11. The maximum absolute atomic E-state index is 12.5. The first-order chi connectivity index (χ1) is 11.3. The van der Waals surface area contributed by atoms with Crippen LogP contribution in [0.5, 0.6) is 0 Å². The molecule has 0 N–H and O–H groups in total. The second-order valence-corrected chi connectivity index (χ2v) is 5.89. The average molecular weight is 339 g/mol. The minimum absolute atomic E-state index is 0.105. The van der Waals surface area contributed by atoms with E-state index in [2.05, 4.69) is 21.6 Å². The third kappa shape index (κ3) is 3.13. The molecule has 1 amide bonds. The molecule has 0 aliphatic heterocycles. The summed E-state index contributed by atoms with van der Waals surface area (Å²) in [7, 11) is 1.77. The Hall–Kier alpha value is -2.38. The Morgan fingerprint density at radius 2 is 2.00 bits per heavy atom. The SMILES string of the molecule is CCC1CC1N(C)C(=O)c1ccc(-c2noc(C(F)(F)F)n2)cc1. The lowest BCUT2D eigenvalue weighted by atomic mass is 10.1. The highest BCUT2D eigenvalue weighted by Gasteiger charge is 2.41. The summed E-state index contributed by atoms with van der Waals surface area (Å²) in [5.41, 5.74) is 0.828. The van der Waals surface area contributed by atoms with E-state index >= 15 is 0 Å². The number of benzene rings is 1. The Balaban J connectivity index is 1.74. The molecular formula is C16H16F3N3O2. The van der Waals surface area contributed by atoms with Crippen LogP contribution in [-0.2, 0) is 6.18 Å². The van der Waals surface area contributed by atoms with Gasteiger partial charge in [0.1, 0.15) is 0 Å². The van der Waals surface area contributed by atoms with Gasteiger partial charge in [0.2, 0.25) is 5.82 Å². The van der Waals surface area contributed by atoms with Crippen molar-refractivity contribution in [1.29, 1.82) is 0 Å². The van der Waals surface area contributed by atoms with Gasteiger partial charge in [-0.1, -0.05) is 30.6 Å². The van der Waals surface area contributed by atoms with Crippen molar-refractivity contribution in [3.63, 3.8) is 0 Å². The Morgan fingerprint density at radius 1 is 1.33 bits per heavy atom. The topological polar surface area (TPSA) is 59.2 Å². The van der Waals surface area contributed by atoms with Crippen molar-refractivity contribution >= 4 is 5.91 Å². The fraction of sp³-hybridized carbons (Fsp3) is 0.438. The van der Waals surface area contributed by atoms with Crippen molar-refractivity contribution in [1.82, 2.24) is 15.0 Å². The Kier molecular flexibility index (Phi) is 4.06. The molecule has 0 bridgehead atoms. The molecule has 2 atom stereocenters. The molecule has 1 fully saturated rings. The van der Waals surface area contributed by atoms with Crippen molar-refractivity contribution in [2.24, 2.45) is 5.92 Å². The Bertz CT molecular complexity index is 740. The van der Waals surface area contributed by atoms with Crippen molar-refractivity contribution in [2.75, 3.05) is 7.05 Å². The summed E-state index contributed by atoms with van der Waals surface area (Å²) < 4.78 is 41.6. The molecule has 1 aromatic heterocycles. The molecule has 2 unspecified atom stereocenters. The molecule has 2 aromatic rings. The van der Waals surface area contributed by atoms with E-state index in [1.807, 2.05) is 0 Å². The minimum Gasteiger partial charge on any atom is -0.338 e. The van der Waals surface area contributed by atoms with Crippen molar-refractivity contribution in [2.45, 2.75) is 32.0 Å². The molecule has 128 valence electrons. The minimum atomic E-state index is -4.68. The van der Waals surface area contributed by atoms with Crippen molar-refractivity contribution in [3.05, 3.63) is 35.7 Å². The predicted octanol–water partition coefficient (Wildman–Crippen LogP) is 3.63. The number of amides is 1. The lowest BCUT2D eigenvalue weighted by Crippen LogP contribution is -2.29. The Morgan fingerprint density at radius 3 is 2.50 bits per heavy atom. The second-order valence-electron chi connectivity index (χ2n) is 5.89. The summed E-state index contributed by atoms with van der Waals surface area (Å²) in [6, 6.07) is 6.41. The highest BCUT2D eigenvalue weighted by atomic mass is 19.4. The molecular weight excluding hydrogens is 323 g/mol. The number of hydrogen-bond donors (Lipinski definition) is 0. The standard InChI is InChI=1S/C16H16F3N3O2/c1-3-9-8-12(9)22(2)14(23)11-6-4-10(5-7-11)13-20-15(24-21-13)16(17,18)19/h4-7,9,12H,3,8H2,1-2H3. The lowest BCUT2D eigenvalue weighted by molar-refractivity contribution is -0.159. The van der Waals surface area contributed by atoms with E-state index in [-0.39, 0.29) is 17.8 Å². The normalized spacial score (nSPS) is 20.0. The van der Waals surface area contributed by atoms with Gasteiger partial charge < -0.3 is 9.42 Å². The molecule has 5 nitrogen and oxygen atoms in total. The highest BCUT2D eigenvalue weighted by molar-refractivity contribution is 5.94. The number of hydrogen-bond acceptors (Lipinski definition) is 4. The number of nitrogens with zero attached hydrogens (tertiary/aromatic N) is 3. The first-order valence-corrected chi connectivity index (χ1v) is 7.59. The summed E-state index contributed by atoms with van der Waals surface area (Å²) >= 11 is 0. The molecule has 1 aliphatic rings. The van der Waals surface area contributed by atoms with E-state index in [1.165, 1.54) is 12.1 Å². The zero-order valence-electron chi connectivity index (χ0n) is 13.2. The molecule has 24 heavy (non-hydrogen) atoms. The van der Waals surface area contributed by atoms with Gasteiger partial charge in [-0.25, -0.2) is 0 Å². The molecule has 0 spiro atoms. The maximum Gasteiger partial charge on any atom is 0.471 e. The van der Waals surface area contributed by atoms with Crippen molar-refractivity contribution < 1.29 is 22.5 Å². The van der Waals surface area contributed by atoms with E-state index in [1.54, 1.807) is 24.1 Å². The van der Waals surface area contributed by atoms with Gasteiger partial charge in [-0.15, -0.1) is 0 Å². The van der Waals surface area contributed by atoms with Crippen molar-refractivity contribution in [3.8, 4) is 11.4 Å².